The van der Waals surface area contributed by atoms with Crippen LogP contribution in [0.15, 0.2) is 29.8 Å². The Balaban J connectivity index is 1.55. The molecule has 2 aliphatic rings. The van der Waals surface area contributed by atoms with E-state index in [9.17, 15) is 4.79 Å². The van der Waals surface area contributed by atoms with E-state index in [1.807, 2.05) is 12.1 Å². The maximum Gasteiger partial charge on any atom is 0.160 e. The summed E-state index contributed by atoms with van der Waals surface area (Å²) in [5.74, 6) is 0.335. The van der Waals surface area contributed by atoms with Crippen molar-refractivity contribution in [3.63, 3.8) is 0 Å². The first kappa shape index (κ1) is 12.6. The van der Waals surface area contributed by atoms with Gasteiger partial charge in [0.2, 0.25) is 0 Å². The highest BCUT2D eigenvalue weighted by Gasteiger charge is 2.19. The van der Waals surface area contributed by atoms with Crippen molar-refractivity contribution in [3.05, 3.63) is 41.0 Å². The summed E-state index contributed by atoms with van der Waals surface area (Å²) in [6.07, 6.45) is 7.53. The van der Waals surface area contributed by atoms with E-state index in [0.717, 1.165) is 18.5 Å². The van der Waals surface area contributed by atoms with Crippen molar-refractivity contribution in [3.8, 4) is 0 Å². The molecule has 19 heavy (non-hydrogen) atoms. The zero-order chi connectivity index (χ0) is 13.1. The van der Waals surface area contributed by atoms with Crippen molar-refractivity contribution < 1.29 is 4.79 Å². The molecule has 1 aliphatic carbocycles. The van der Waals surface area contributed by atoms with Crippen molar-refractivity contribution in [1.29, 1.82) is 0 Å². The Kier molecular flexibility index (Phi) is 3.79. The van der Waals surface area contributed by atoms with E-state index in [1.165, 1.54) is 43.5 Å². The lowest BCUT2D eigenvalue weighted by Crippen LogP contribution is -2.31. The number of likely N-dealkylation sites (tertiary alicyclic amines) is 1. The molecule has 2 nitrogen and oxygen atoms in total. The molecule has 1 aliphatic heterocycles. The first-order valence-corrected chi connectivity index (χ1v) is 7.37. The van der Waals surface area contributed by atoms with E-state index in [-0.39, 0.29) is 0 Å². The second-order valence-electron chi connectivity index (χ2n) is 5.62. The molecule has 0 atom stereocenters. The molecule has 1 aromatic rings. The van der Waals surface area contributed by atoms with Gasteiger partial charge in [0.05, 0.1) is 0 Å². The minimum atomic E-state index is 0.335. The van der Waals surface area contributed by atoms with Crippen LogP contribution in [0.4, 0.5) is 0 Å². The van der Waals surface area contributed by atoms with Gasteiger partial charge in [0, 0.05) is 25.0 Å². The number of piperidine rings is 1. The molecule has 1 fully saturated rings. The Labute approximate surface area is 115 Å². The molecule has 1 aromatic carbocycles. The average Bonchev–Trinajstić information content (AvgIpc) is 2.90. The van der Waals surface area contributed by atoms with Crippen LogP contribution in [0.5, 0.6) is 0 Å². The normalized spacial score (nSPS) is 19.1. The number of fused-ring (bicyclic) bond motifs is 1. The van der Waals surface area contributed by atoms with E-state index in [0.29, 0.717) is 12.2 Å². The number of hydrogen-bond acceptors (Lipinski definition) is 2. The molecule has 0 bridgehead atoms. The number of benzene rings is 1. The van der Waals surface area contributed by atoms with Crippen molar-refractivity contribution >= 4 is 11.9 Å². The van der Waals surface area contributed by atoms with E-state index >= 15 is 0 Å². The summed E-state index contributed by atoms with van der Waals surface area (Å²) in [4.78, 5) is 14.7. The number of nitrogens with zero attached hydrogens (tertiary/aromatic N) is 1. The monoisotopic (exact) mass is 255 g/mol. The van der Waals surface area contributed by atoms with E-state index < -0.39 is 0 Å². The van der Waals surface area contributed by atoms with Gasteiger partial charge in [-0.15, -0.1) is 0 Å². The van der Waals surface area contributed by atoms with Crippen molar-refractivity contribution in [2.45, 2.75) is 32.1 Å². The first-order chi connectivity index (χ1) is 9.33. The highest BCUT2D eigenvalue weighted by Crippen LogP contribution is 2.25. The zero-order valence-corrected chi connectivity index (χ0v) is 11.4. The molecular weight excluding hydrogens is 234 g/mol. The number of carbonyl (C=O) groups excluding carboxylic acids is 1. The molecule has 0 saturated carbocycles. The largest absolute Gasteiger partial charge is 0.303 e. The van der Waals surface area contributed by atoms with E-state index in [1.54, 1.807) is 0 Å². The lowest BCUT2D eigenvalue weighted by molar-refractivity contribution is -0.115. The second kappa shape index (κ2) is 5.70. The van der Waals surface area contributed by atoms with Crippen LogP contribution in [0, 0.1) is 0 Å². The van der Waals surface area contributed by atoms with E-state index in [2.05, 4.69) is 23.1 Å². The zero-order valence-electron chi connectivity index (χ0n) is 11.4. The van der Waals surface area contributed by atoms with Crippen LogP contribution in [0.25, 0.3) is 6.08 Å². The lowest BCUT2D eigenvalue weighted by atomic mass is 10.0. The summed E-state index contributed by atoms with van der Waals surface area (Å²) >= 11 is 0. The summed E-state index contributed by atoms with van der Waals surface area (Å²) < 4.78 is 0. The van der Waals surface area contributed by atoms with Gasteiger partial charge in [-0.25, -0.2) is 0 Å². The van der Waals surface area contributed by atoms with Gasteiger partial charge in [0.15, 0.2) is 5.78 Å². The molecule has 0 spiro atoms. The molecule has 3 rings (SSSR count). The fourth-order valence-electron chi connectivity index (χ4n) is 3.06. The Hall–Kier alpha value is -1.41. The molecule has 100 valence electrons. The summed E-state index contributed by atoms with van der Waals surface area (Å²) in [6.45, 7) is 3.28. The number of ketones is 1. The maximum atomic E-state index is 12.3. The summed E-state index contributed by atoms with van der Waals surface area (Å²) in [5.41, 5.74) is 3.52. The van der Waals surface area contributed by atoms with Crippen molar-refractivity contribution in [2.24, 2.45) is 0 Å². The maximum absolute atomic E-state index is 12.3. The second-order valence-corrected chi connectivity index (χ2v) is 5.62. The third-order valence-corrected chi connectivity index (χ3v) is 4.23. The number of allylic oxidation sites excluding steroid dienone is 1. The SMILES string of the molecule is O=C(CCN1CCCCC1)C1=Cc2ccccc2C1. The number of Topliss-reactive ketones (excluding diaryl/α,β-unsaturated/α-hetero) is 1. The van der Waals surface area contributed by atoms with Crippen LogP contribution in [0.2, 0.25) is 0 Å². The summed E-state index contributed by atoms with van der Waals surface area (Å²) in [7, 11) is 0. The highest BCUT2D eigenvalue weighted by molar-refractivity contribution is 6.01. The van der Waals surface area contributed by atoms with Crippen LogP contribution in [-0.4, -0.2) is 30.3 Å². The Morgan fingerprint density at radius 3 is 2.68 bits per heavy atom. The minimum Gasteiger partial charge on any atom is -0.303 e. The fraction of sp³-hybridized carbons (Fsp3) is 0.471. The Morgan fingerprint density at radius 2 is 1.89 bits per heavy atom. The van der Waals surface area contributed by atoms with Gasteiger partial charge in [0.1, 0.15) is 0 Å². The van der Waals surface area contributed by atoms with Gasteiger partial charge in [-0.3, -0.25) is 4.79 Å². The topological polar surface area (TPSA) is 20.3 Å². The van der Waals surface area contributed by atoms with E-state index in [4.69, 9.17) is 0 Å². The fourth-order valence-corrected chi connectivity index (χ4v) is 3.06. The van der Waals surface area contributed by atoms with Gasteiger partial charge in [-0.05, 0) is 43.1 Å². The van der Waals surface area contributed by atoms with Gasteiger partial charge >= 0.3 is 0 Å². The minimum absolute atomic E-state index is 0.335. The van der Waals surface area contributed by atoms with Crippen LogP contribution < -0.4 is 0 Å². The summed E-state index contributed by atoms with van der Waals surface area (Å²) in [6, 6.07) is 8.31. The van der Waals surface area contributed by atoms with Gasteiger partial charge < -0.3 is 4.90 Å². The molecule has 0 aromatic heterocycles. The summed E-state index contributed by atoms with van der Waals surface area (Å²) in [5, 5.41) is 0. The standard InChI is InChI=1S/C17H21NO/c19-17(8-11-18-9-4-1-5-10-18)16-12-14-6-2-3-7-15(14)13-16/h2-3,6-7,12H,1,4-5,8-11,13H2. The van der Waals surface area contributed by atoms with Crippen molar-refractivity contribution in [2.75, 3.05) is 19.6 Å². The predicted molar refractivity (Wildman–Crippen MR) is 78.0 cm³/mol. The van der Waals surface area contributed by atoms with Gasteiger partial charge in [-0.2, -0.15) is 0 Å². The molecule has 0 amide bonds. The van der Waals surface area contributed by atoms with Gasteiger partial charge in [0.25, 0.3) is 0 Å². The lowest BCUT2D eigenvalue weighted by Gasteiger charge is -2.25. The average molecular weight is 255 g/mol. The predicted octanol–water partition coefficient (Wildman–Crippen LogP) is 3.07. The van der Waals surface area contributed by atoms with Crippen LogP contribution in [0.3, 0.4) is 0 Å². The molecule has 1 heterocycles. The third-order valence-electron chi connectivity index (χ3n) is 4.23. The Morgan fingerprint density at radius 1 is 1.11 bits per heavy atom. The third kappa shape index (κ3) is 2.95. The molecule has 2 heteroatoms. The quantitative estimate of drug-likeness (QED) is 0.824. The smallest absolute Gasteiger partial charge is 0.160 e. The Bertz CT molecular complexity index is 498. The number of rotatable bonds is 4. The molecule has 0 N–H and O–H groups in total. The van der Waals surface area contributed by atoms with Crippen LogP contribution >= 0.6 is 0 Å². The van der Waals surface area contributed by atoms with Gasteiger partial charge in [-0.1, -0.05) is 30.7 Å². The van der Waals surface area contributed by atoms with Crippen LogP contribution in [-0.2, 0) is 11.2 Å². The molecule has 0 unspecified atom stereocenters. The van der Waals surface area contributed by atoms with Crippen LogP contribution in [0.1, 0.15) is 36.8 Å². The highest BCUT2D eigenvalue weighted by atomic mass is 16.1. The number of carbonyl (C=O) groups is 1. The molecule has 0 radical (unpaired) electrons. The van der Waals surface area contributed by atoms with Crippen molar-refractivity contribution in [1.82, 2.24) is 4.90 Å². The molecule has 1 saturated heterocycles. The first-order valence-electron chi connectivity index (χ1n) is 7.37. The molecular formula is C17H21NO. The number of hydrogen-bond donors (Lipinski definition) is 0.